The number of hydrogen-bond acceptors (Lipinski definition) is 4. The summed E-state index contributed by atoms with van der Waals surface area (Å²) in [5.41, 5.74) is 1.57. The fourth-order valence-corrected chi connectivity index (χ4v) is 3.67. The minimum absolute atomic E-state index is 0.291. The third-order valence-corrected chi connectivity index (χ3v) is 5.24. The fourth-order valence-electron chi connectivity index (χ4n) is 2.58. The van der Waals surface area contributed by atoms with Crippen LogP contribution in [-0.4, -0.2) is 18.1 Å². The summed E-state index contributed by atoms with van der Waals surface area (Å²) in [6.45, 7) is 4.49. The maximum atomic E-state index is 11.6. The zero-order chi connectivity index (χ0) is 15.9. The molecule has 0 aliphatic rings. The molecule has 0 amide bonds. The van der Waals surface area contributed by atoms with E-state index >= 15 is 0 Å². The van der Waals surface area contributed by atoms with Crippen molar-refractivity contribution >= 4 is 27.5 Å². The van der Waals surface area contributed by atoms with Crippen molar-refractivity contribution in [3.05, 3.63) is 28.8 Å². The second-order valence-corrected chi connectivity index (χ2v) is 6.89. The Labute approximate surface area is 136 Å². The van der Waals surface area contributed by atoms with Gasteiger partial charge in [0.15, 0.2) is 0 Å². The number of nitrogens with zero attached hydrogens (tertiary/aromatic N) is 1. The molecule has 0 saturated carbocycles. The highest BCUT2D eigenvalue weighted by atomic mass is 32.1. The molecule has 1 aromatic heterocycles. The number of carbonyl (C=O) groups is 1. The first-order chi connectivity index (χ1) is 10.7. The summed E-state index contributed by atoms with van der Waals surface area (Å²) < 4.78 is 5.84. The number of esters is 1. The molecule has 120 valence electrons. The van der Waals surface area contributed by atoms with E-state index in [1.54, 1.807) is 17.4 Å². The molecule has 2 rings (SSSR count). The van der Waals surface area contributed by atoms with Gasteiger partial charge in [-0.05, 0) is 24.6 Å². The number of fused-ring (bicyclic) bond motifs is 1. The molecule has 0 N–H and O–H groups in total. The van der Waals surface area contributed by atoms with E-state index in [9.17, 15) is 4.79 Å². The molecule has 0 aliphatic heterocycles. The zero-order valence-electron chi connectivity index (χ0n) is 13.7. The zero-order valence-corrected chi connectivity index (χ0v) is 14.5. The van der Waals surface area contributed by atoms with Crippen molar-refractivity contribution in [2.75, 3.05) is 7.11 Å². The molecule has 1 unspecified atom stereocenters. The van der Waals surface area contributed by atoms with Crippen molar-refractivity contribution < 1.29 is 9.53 Å². The van der Waals surface area contributed by atoms with Gasteiger partial charge in [0, 0.05) is 5.92 Å². The molecular weight excluding hydrogens is 294 g/mol. The summed E-state index contributed by atoms with van der Waals surface area (Å²) in [4.78, 5) is 16.3. The molecule has 0 spiro atoms. The van der Waals surface area contributed by atoms with Gasteiger partial charge in [-0.1, -0.05) is 46.0 Å². The van der Waals surface area contributed by atoms with Crippen LogP contribution in [0.15, 0.2) is 18.2 Å². The van der Waals surface area contributed by atoms with E-state index in [2.05, 4.69) is 13.8 Å². The van der Waals surface area contributed by atoms with Crippen molar-refractivity contribution in [1.29, 1.82) is 0 Å². The number of rotatable bonds is 8. The number of carbonyl (C=O) groups excluding carboxylic acids is 1. The molecule has 3 nitrogen and oxygen atoms in total. The Bertz CT molecular complexity index is 621. The minimum atomic E-state index is -0.291. The lowest BCUT2D eigenvalue weighted by molar-refractivity contribution is 0.0601. The average Bonchev–Trinajstić information content (AvgIpc) is 2.96. The number of hydrogen-bond donors (Lipinski definition) is 0. The number of thiazole rings is 1. The first-order valence-corrected chi connectivity index (χ1v) is 8.96. The molecule has 1 atom stereocenters. The van der Waals surface area contributed by atoms with Gasteiger partial charge in [-0.15, -0.1) is 11.3 Å². The van der Waals surface area contributed by atoms with Crippen LogP contribution in [0, 0.1) is 0 Å². The second-order valence-electron chi connectivity index (χ2n) is 5.83. The first kappa shape index (κ1) is 16.9. The van der Waals surface area contributed by atoms with E-state index in [-0.39, 0.29) is 5.97 Å². The van der Waals surface area contributed by atoms with Gasteiger partial charge in [0.25, 0.3) is 0 Å². The smallest absolute Gasteiger partial charge is 0.337 e. The monoisotopic (exact) mass is 319 g/mol. The van der Waals surface area contributed by atoms with Crippen molar-refractivity contribution in [2.45, 2.75) is 58.3 Å². The standard InChI is InChI=1S/C18H25NO2S/c1-4-5-6-7-8-9-13(2)17-19-15-11-10-14(18(20)21-3)12-16(15)22-17/h10-13H,4-9H2,1-3H3. The molecule has 0 bridgehead atoms. The molecule has 1 aromatic carbocycles. The Morgan fingerprint density at radius 3 is 2.77 bits per heavy atom. The summed E-state index contributed by atoms with van der Waals surface area (Å²) in [5, 5.41) is 1.17. The van der Waals surface area contributed by atoms with E-state index in [0.717, 1.165) is 10.2 Å². The number of benzene rings is 1. The van der Waals surface area contributed by atoms with E-state index in [1.807, 2.05) is 12.1 Å². The van der Waals surface area contributed by atoms with Crippen molar-refractivity contribution in [3.8, 4) is 0 Å². The SMILES string of the molecule is CCCCCCCC(C)c1nc2ccc(C(=O)OC)cc2s1. The van der Waals surface area contributed by atoms with Gasteiger partial charge in [0.1, 0.15) is 0 Å². The van der Waals surface area contributed by atoms with Crippen LogP contribution in [0.5, 0.6) is 0 Å². The largest absolute Gasteiger partial charge is 0.465 e. The predicted octanol–water partition coefficient (Wildman–Crippen LogP) is 5.55. The summed E-state index contributed by atoms with van der Waals surface area (Å²) in [6.07, 6.45) is 7.74. The Kier molecular flexibility index (Phi) is 6.37. The number of ether oxygens (including phenoxy) is 1. The van der Waals surface area contributed by atoms with E-state index < -0.39 is 0 Å². The van der Waals surface area contributed by atoms with Crippen LogP contribution in [0.25, 0.3) is 10.2 Å². The van der Waals surface area contributed by atoms with Crippen LogP contribution in [0.3, 0.4) is 0 Å². The lowest BCUT2D eigenvalue weighted by atomic mass is 10.0. The van der Waals surface area contributed by atoms with Crippen LogP contribution >= 0.6 is 11.3 Å². The van der Waals surface area contributed by atoms with Crippen LogP contribution in [0.2, 0.25) is 0 Å². The fraction of sp³-hybridized carbons (Fsp3) is 0.556. The topological polar surface area (TPSA) is 39.2 Å². The highest BCUT2D eigenvalue weighted by Gasteiger charge is 2.13. The third-order valence-electron chi connectivity index (χ3n) is 3.99. The molecule has 4 heteroatoms. The minimum Gasteiger partial charge on any atom is -0.465 e. The van der Waals surface area contributed by atoms with Crippen molar-refractivity contribution in [1.82, 2.24) is 4.98 Å². The van der Waals surface area contributed by atoms with E-state index in [0.29, 0.717) is 11.5 Å². The molecule has 0 aliphatic carbocycles. The van der Waals surface area contributed by atoms with Crippen molar-refractivity contribution in [2.24, 2.45) is 0 Å². The predicted molar refractivity (Wildman–Crippen MR) is 92.8 cm³/mol. The Balaban J connectivity index is 2.00. The molecule has 0 saturated heterocycles. The van der Waals surface area contributed by atoms with Crippen LogP contribution in [0.1, 0.15) is 73.7 Å². The van der Waals surface area contributed by atoms with Gasteiger partial charge < -0.3 is 4.74 Å². The third kappa shape index (κ3) is 4.29. The molecule has 22 heavy (non-hydrogen) atoms. The average molecular weight is 319 g/mol. The Morgan fingerprint density at radius 1 is 1.27 bits per heavy atom. The summed E-state index contributed by atoms with van der Waals surface area (Å²) in [7, 11) is 1.41. The van der Waals surface area contributed by atoms with Gasteiger partial charge in [-0.25, -0.2) is 9.78 Å². The molecule has 1 heterocycles. The number of aromatic nitrogens is 1. The van der Waals surface area contributed by atoms with Gasteiger partial charge >= 0.3 is 5.97 Å². The summed E-state index contributed by atoms with van der Waals surface area (Å²) in [6, 6.07) is 5.58. The highest BCUT2D eigenvalue weighted by molar-refractivity contribution is 7.18. The Hall–Kier alpha value is -1.42. The first-order valence-electron chi connectivity index (χ1n) is 8.14. The van der Waals surface area contributed by atoms with Gasteiger partial charge in [-0.3, -0.25) is 0 Å². The molecule has 2 aromatic rings. The summed E-state index contributed by atoms with van der Waals surface area (Å²) in [5.74, 6) is 0.196. The Morgan fingerprint density at radius 2 is 2.05 bits per heavy atom. The number of methoxy groups -OCH3 is 1. The van der Waals surface area contributed by atoms with Crippen molar-refractivity contribution in [3.63, 3.8) is 0 Å². The van der Waals surface area contributed by atoms with Crippen LogP contribution in [0.4, 0.5) is 0 Å². The molecular formula is C18H25NO2S. The van der Waals surface area contributed by atoms with Crippen LogP contribution in [-0.2, 0) is 4.74 Å². The quantitative estimate of drug-likeness (QED) is 0.473. The highest BCUT2D eigenvalue weighted by Crippen LogP contribution is 2.31. The van der Waals surface area contributed by atoms with E-state index in [4.69, 9.17) is 9.72 Å². The number of unbranched alkanes of at least 4 members (excludes halogenated alkanes) is 4. The lowest BCUT2D eigenvalue weighted by Crippen LogP contribution is -1.99. The lowest BCUT2D eigenvalue weighted by Gasteiger charge is -2.07. The maximum Gasteiger partial charge on any atom is 0.337 e. The van der Waals surface area contributed by atoms with Gasteiger partial charge in [0.2, 0.25) is 0 Å². The van der Waals surface area contributed by atoms with Gasteiger partial charge in [0.05, 0.1) is 27.9 Å². The summed E-state index contributed by atoms with van der Waals surface area (Å²) >= 11 is 1.70. The second kappa shape index (κ2) is 8.28. The maximum absolute atomic E-state index is 11.6. The van der Waals surface area contributed by atoms with E-state index in [1.165, 1.54) is 50.6 Å². The van der Waals surface area contributed by atoms with Crippen LogP contribution < -0.4 is 0 Å². The molecule has 0 fully saturated rings. The molecule has 0 radical (unpaired) electrons. The van der Waals surface area contributed by atoms with Gasteiger partial charge in [-0.2, -0.15) is 0 Å². The normalized spacial score (nSPS) is 12.5.